The molecule has 1 aromatic carbocycles. The van der Waals surface area contributed by atoms with E-state index in [1.54, 1.807) is 0 Å². The number of nitrogens with one attached hydrogen (secondary N) is 1. The summed E-state index contributed by atoms with van der Waals surface area (Å²) < 4.78 is 13.4. The lowest BCUT2D eigenvalue weighted by atomic mass is 10.1. The van der Waals surface area contributed by atoms with Crippen molar-refractivity contribution < 1.29 is 9.31 Å². The van der Waals surface area contributed by atoms with Crippen LogP contribution in [0.3, 0.4) is 0 Å². The van der Waals surface area contributed by atoms with E-state index in [0.717, 1.165) is 12.1 Å². The molecule has 0 amide bonds. The molecule has 0 aliphatic rings. The summed E-state index contributed by atoms with van der Waals surface area (Å²) in [5.74, 6) is -0.321. The largest absolute Gasteiger partial charge is 0.378 e. The number of nitrogens with zero attached hydrogens (tertiary/aromatic N) is 1. The Hall–Kier alpha value is -1.21. The number of benzene rings is 1. The Kier molecular flexibility index (Phi) is 5.03. The van der Waals surface area contributed by atoms with Crippen molar-refractivity contribution >= 4 is 27.3 Å². The second-order valence-corrected chi connectivity index (χ2v) is 5.18. The van der Waals surface area contributed by atoms with Crippen LogP contribution in [0.4, 0.5) is 15.8 Å². The number of anilines is 1. The fourth-order valence-corrected chi connectivity index (χ4v) is 1.62. The van der Waals surface area contributed by atoms with Crippen LogP contribution in [0.5, 0.6) is 0 Å². The number of nitro groups is 1. The third-order valence-corrected chi connectivity index (χ3v) is 3.23. The zero-order valence-corrected chi connectivity index (χ0v) is 11.7. The first-order valence-electron chi connectivity index (χ1n) is 5.45. The van der Waals surface area contributed by atoms with Crippen LogP contribution in [0.25, 0.3) is 0 Å². The number of hydrogen-bond donors (Lipinski definition) is 2. The van der Waals surface area contributed by atoms with Gasteiger partial charge >= 0.3 is 0 Å². The average Bonchev–Trinajstić information content (AvgIpc) is 2.29. The summed E-state index contributed by atoms with van der Waals surface area (Å²) in [6.07, 6.45) is 0. The summed E-state index contributed by atoms with van der Waals surface area (Å²) in [4.78, 5) is 10.3. The highest BCUT2D eigenvalue weighted by Crippen LogP contribution is 2.30. The Balaban J connectivity index is 2.93. The zero-order chi connectivity index (χ0) is 13.9. The molecule has 1 atom stereocenters. The molecule has 100 valence electrons. The molecule has 0 aliphatic carbocycles. The zero-order valence-electron chi connectivity index (χ0n) is 10.1. The van der Waals surface area contributed by atoms with Gasteiger partial charge in [-0.2, -0.15) is 0 Å². The average molecular weight is 320 g/mol. The van der Waals surface area contributed by atoms with Gasteiger partial charge in [0.15, 0.2) is 0 Å². The van der Waals surface area contributed by atoms with Gasteiger partial charge in [-0.3, -0.25) is 10.1 Å². The fraction of sp³-hybridized carbons (Fsp3) is 0.455. The number of rotatable bonds is 5. The molecule has 1 aromatic rings. The Morgan fingerprint density at radius 2 is 2.17 bits per heavy atom. The summed E-state index contributed by atoms with van der Waals surface area (Å²) in [5.41, 5.74) is 5.78. The van der Waals surface area contributed by atoms with Crippen molar-refractivity contribution in [2.45, 2.75) is 19.9 Å². The van der Waals surface area contributed by atoms with Gasteiger partial charge in [0.2, 0.25) is 0 Å². The standard InChI is InChI=1S/C11H15BrFN3O2/c1-6(2)9(14)5-15-10-4-8(13)7(12)3-11(10)16(17)18/h3-4,6,9,15H,5,14H2,1-2H3. The molecule has 1 rings (SSSR count). The molecular weight excluding hydrogens is 305 g/mol. The van der Waals surface area contributed by atoms with E-state index in [1.807, 2.05) is 13.8 Å². The van der Waals surface area contributed by atoms with Crippen molar-refractivity contribution in [2.24, 2.45) is 11.7 Å². The van der Waals surface area contributed by atoms with Gasteiger partial charge in [0.1, 0.15) is 11.5 Å². The highest BCUT2D eigenvalue weighted by Gasteiger charge is 2.18. The van der Waals surface area contributed by atoms with Crippen LogP contribution in [-0.4, -0.2) is 17.5 Å². The molecule has 1 unspecified atom stereocenters. The van der Waals surface area contributed by atoms with E-state index in [9.17, 15) is 14.5 Å². The molecule has 0 aliphatic heterocycles. The highest BCUT2D eigenvalue weighted by atomic mass is 79.9. The first-order chi connectivity index (χ1) is 8.32. The van der Waals surface area contributed by atoms with E-state index in [0.29, 0.717) is 6.54 Å². The smallest absolute Gasteiger partial charge is 0.293 e. The molecule has 18 heavy (non-hydrogen) atoms. The van der Waals surface area contributed by atoms with Crippen molar-refractivity contribution in [1.82, 2.24) is 0 Å². The van der Waals surface area contributed by atoms with Crippen LogP contribution in [-0.2, 0) is 0 Å². The van der Waals surface area contributed by atoms with E-state index in [4.69, 9.17) is 5.73 Å². The van der Waals surface area contributed by atoms with E-state index in [2.05, 4.69) is 21.2 Å². The molecule has 0 heterocycles. The summed E-state index contributed by atoms with van der Waals surface area (Å²) in [5, 5.41) is 13.7. The fourth-order valence-electron chi connectivity index (χ4n) is 1.29. The maximum Gasteiger partial charge on any atom is 0.293 e. The Bertz CT molecular complexity index is 454. The molecule has 0 saturated heterocycles. The topological polar surface area (TPSA) is 81.2 Å². The van der Waals surface area contributed by atoms with Gasteiger partial charge in [0.05, 0.1) is 9.40 Å². The van der Waals surface area contributed by atoms with Crippen molar-refractivity contribution in [3.8, 4) is 0 Å². The maximum absolute atomic E-state index is 13.4. The van der Waals surface area contributed by atoms with Crippen LogP contribution in [0.2, 0.25) is 0 Å². The summed E-state index contributed by atoms with van der Waals surface area (Å²) in [6.45, 7) is 4.24. The van der Waals surface area contributed by atoms with Gasteiger partial charge < -0.3 is 11.1 Å². The molecule has 0 bridgehead atoms. The van der Waals surface area contributed by atoms with Crippen LogP contribution >= 0.6 is 15.9 Å². The molecule has 3 N–H and O–H groups in total. The lowest BCUT2D eigenvalue weighted by Gasteiger charge is -2.17. The molecule has 0 saturated carbocycles. The van der Waals surface area contributed by atoms with Gasteiger partial charge in [0.25, 0.3) is 5.69 Å². The molecule has 0 fully saturated rings. The van der Waals surface area contributed by atoms with Crippen molar-refractivity contribution in [3.05, 3.63) is 32.5 Å². The molecule has 0 spiro atoms. The van der Waals surface area contributed by atoms with Gasteiger partial charge in [0, 0.05) is 24.7 Å². The lowest BCUT2D eigenvalue weighted by Crippen LogP contribution is -2.34. The summed E-state index contributed by atoms with van der Waals surface area (Å²) in [7, 11) is 0. The summed E-state index contributed by atoms with van der Waals surface area (Å²) in [6, 6.07) is 2.07. The molecule has 5 nitrogen and oxygen atoms in total. The minimum Gasteiger partial charge on any atom is -0.378 e. The minimum absolute atomic E-state index is 0.0629. The van der Waals surface area contributed by atoms with Gasteiger partial charge in [-0.05, 0) is 21.8 Å². The number of halogens is 2. The van der Waals surface area contributed by atoms with Crippen molar-refractivity contribution in [3.63, 3.8) is 0 Å². The molecule has 0 aromatic heterocycles. The summed E-state index contributed by atoms with van der Waals surface area (Å²) >= 11 is 2.92. The van der Waals surface area contributed by atoms with E-state index in [1.165, 1.54) is 0 Å². The van der Waals surface area contributed by atoms with Crippen LogP contribution < -0.4 is 11.1 Å². The predicted molar refractivity (Wildman–Crippen MR) is 72.1 cm³/mol. The van der Waals surface area contributed by atoms with E-state index >= 15 is 0 Å². The molecule has 7 heteroatoms. The first-order valence-corrected chi connectivity index (χ1v) is 6.25. The van der Waals surface area contributed by atoms with Crippen LogP contribution in [0, 0.1) is 21.8 Å². The van der Waals surface area contributed by atoms with Crippen LogP contribution in [0.15, 0.2) is 16.6 Å². The number of hydrogen-bond acceptors (Lipinski definition) is 4. The Labute approximate surface area is 113 Å². The maximum atomic E-state index is 13.4. The third-order valence-electron chi connectivity index (χ3n) is 2.62. The third kappa shape index (κ3) is 3.64. The quantitative estimate of drug-likeness (QED) is 0.646. The Morgan fingerprint density at radius 1 is 1.56 bits per heavy atom. The van der Waals surface area contributed by atoms with Crippen molar-refractivity contribution in [1.29, 1.82) is 0 Å². The number of nitrogens with two attached hydrogens (primary N) is 1. The second-order valence-electron chi connectivity index (χ2n) is 4.33. The normalized spacial score (nSPS) is 12.6. The van der Waals surface area contributed by atoms with Gasteiger partial charge in [-0.15, -0.1) is 0 Å². The minimum atomic E-state index is -0.562. The number of nitro benzene ring substituents is 1. The predicted octanol–water partition coefficient (Wildman–Crippen LogP) is 2.89. The molecular formula is C11H15BrFN3O2. The second kappa shape index (κ2) is 6.10. The van der Waals surface area contributed by atoms with Gasteiger partial charge in [-0.1, -0.05) is 13.8 Å². The van der Waals surface area contributed by atoms with E-state index < -0.39 is 10.7 Å². The first kappa shape index (κ1) is 14.8. The van der Waals surface area contributed by atoms with Gasteiger partial charge in [-0.25, -0.2) is 4.39 Å². The Morgan fingerprint density at radius 3 is 2.67 bits per heavy atom. The van der Waals surface area contributed by atoms with Crippen molar-refractivity contribution in [2.75, 3.05) is 11.9 Å². The molecule has 0 radical (unpaired) electrons. The highest BCUT2D eigenvalue weighted by molar-refractivity contribution is 9.10. The van der Waals surface area contributed by atoms with E-state index in [-0.39, 0.29) is 27.8 Å². The lowest BCUT2D eigenvalue weighted by molar-refractivity contribution is -0.384. The van der Waals surface area contributed by atoms with Crippen LogP contribution in [0.1, 0.15) is 13.8 Å². The SMILES string of the molecule is CC(C)C(N)CNc1cc(F)c(Br)cc1[N+](=O)[O-]. The monoisotopic (exact) mass is 319 g/mol.